The zero-order chi connectivity index (χ0) is 25.6. The van der Waals surface area contributed by atoms with Crippen LogP contribution >= 0.6 is 0 Å². The molecule has 0 spiro atoms. The zero-order valence-corrected chi connectivity index (χ0v) is 22.4. The first-order valence-electron chi connectivity index (χ1n) is 13.5. The van der Waals surface area contributed by atoms with Gasteiger partial charge in [0.15, 0.2) is 5.82 Å². The summed E-state index contributed by atoms with van der Waals surface area (Å²) in [5, 5.41) is 5.88. The van der Waals surface area contributed by atoms with Gasteiger partial charge in [0.1, 0.15) is 5.82 Å². The van der Waals surface area contributed by atoms with Crippen molar-refractivity contribution in [1.29, 1.82) is 0 Å². The molecule has 198 valence electrons. The third-order valence-electron chi connectivity index (χ3n) is 8.35. The SMILES string of the molecule is COc1nc(N2CCOCC2(C)C)cc(-n2ncc3cc(C)c(C4CCN(C5CCOC5)CC4)cc32)n1. The fourth-order valence-corrected chi connectivity index (χ4v) is 6.23. The normalized spacial score (nSPS) is 23.1. The maximum atomic E-state index is 5.73. The van der Waals surface area contributed by atoms with E-state index in [4.69, 9.17) is 24.3 Å². The number of ether oxygens (including phenoxy) is 3. The largest absolute Gasteiger partial charge is 0.467 e. The van der Waals surface area contributed by atoms with Crippen molar-refractivity contribution in [2.75, 3.05) is 58.1 Å². The van der Waals surface area contributed by atoms with Crippen molar-refractivity contribution in [2.45, 2.75) is 57.5 Å². The topological polar surface area (TPSA) is 77.8 Å². The minimum Gasteiger partial charge on any atom is -0.467 e. The van der Waals surface area contributed by atoms with Crippen molar-refractivity contribution < 1.29 is 14.2 Å². The van der Waals surface area contributed by atoms with Crippen LogP contribution in [0.3, 0.4) is 0 Å². The van der Waals surface area contributed by atoms with Gasteiger partial charge < -0.3 is 19.1 Å². The second-order valence-corrected chi connectivity index (χ2v) is 11.2. The van der Waals surface area contributed by atoms with Gasteiger partial charge in [-0.1, -0.05) is 0 Å². The molecule has 5 heterocycles. The van der Waals surface area contributed by atoms with Crippen molar-refractivity contribution in [2.24, 2.45) is 0 Å². The van der Waals surface area contributed by atoms with Crippen LogP contribution in [0, 0.1) is 6.92 Å². The first-order chi connectivity index (χ1) is 17.9. The molecule has 0 saturated carbocycles. The van der Waals surface area contributed by atoms with Gasteiger partial charge in [-0.2, -0.15) is 15.1 Å². The molecule has 9 nitrogen and oxygen atoms in total. The highest BCUT2D eigenvalue weighted by Gasteiger charge is 2.33. The summed E-state index contributed by atoms with van der Waals surface area (Å²) in [4.78, 5) is 14.3. The van der Waals surface area contributed by atoms with Gasteiger partial charge in [-0.3, -0.25) is 4.90 Å². The monoisotopic (exact) mass is 506 g/mol. The minimum absolute atomic E-state index is 0.176. The molecule has 3 saturated heterocycles. The number of aryl methyl sites for hydroxylation is 1. The third-order valence-corrected chi connectivity index (χ3v) is 8.35. The minimum atomic E-state index is -0.176. The Kier molecular flexibility index (Phi) is 6.54. The quantitative estimate of drug-likeness (QED) is 0.518. The first-order valence-corrected chi connectivity index (χ1v) is 13.5. The van der Waals surface area contributed by atoms with Crippen molar-refractivity contribution in [1.82, 2.24) is 24.6 Å². The fourth-order valence-electron chi connectivity index (χ4n) is 6.23. The fraction of sp³-hybridized carbons (Fsp3) is 0.607. The van der Waals surface area contributed by atoms with E-state index in [1.807, 2.05) is 16.9 Å². The van der Waals surface area contributed by atoms with E-state index in [1.165, 1.54) is 30.4 Å². The highest BCUT2D eigenvalue weighted by molar-refractivity contribution is 5.82. The molecule has 6 rings (SSSR count). The zero-order valence-electron chi connectivity index (χ0n) is 22.4. The molecule has 0 aliphatic carbocycles. The van der Waals surface area contributed by atoms with E-state index < -0.39 is 0 Å². The molecule has 2 aromatic heterocycles. The number of likely N-dealkylation sites (tertiary alicyclic amines) is 1. The summed E-state index contributed by atoms with van der Waals surface area (Å²) in [7, 11) is 1.61. The summed E-state index contributed by atoms with van der Waals surface area (Å²) in [5.41, 5.74) is 3.66. The van der Waals surface area contributed by atoms with E-state index in [-0.39, 0.29) is 5.54 Å². The number of hydrogen-bond acceptors (Lipinski definition) is 8. The predicted octanol–water partition coefficient (Wildman–Crippen LogP) is 3.72. The molecule has 0 bridgehead atoms. The van der Waals surface area contributed by atoms with Gasteiger partial charge in [0.2, 0.25) is 0 Å². The number of benzene rings is 1. The molecule has 0 amide bonds. The van der Waals surface area contributed by atoms with E-state index in [2.05, 4.69) is 47.7 Å². The van der Waals surface area contributed by atoms with Crippen LogP contribution in [0.1, 0.15) is 50.2 Å². The summed E-state index contributed by atoms with van der Waals surface area (Å²) in [6.07, 6.45) is 5.45. The molecule has 0 N–H and O–H groups in total. The molecule has 0 radical (unpaired) electrons. The van der Waals surface area contributed by atoms with Gasteiger partial charge in [-0.05, 0) is 82.3 Å². The number of rotatable bonds is 5. The van der Waals surface area contributed by atoms with Gasteiger partial charge >= 0.3 is 6.01 Å². The smallest absolute Gasteiger partial charge is 0.320 e. The van der Waals surface area contributed by atoms with Crippen molar-refractivity contribution in [3.05, 3.63) is 35.5 Å². The van der Waals surface area contributed by atoms with Gasteiger partial charge in [-0.15, -0.1) is 0 Å². The van der Waals surface area contributed by atoms with Gasteiger partial charge in [-0.25, -0.2) is 4.68 Å². The molecule has 9 heteroatoms. The van der Waals surface area contributed by atoms with Gasteiger partial charge in [0.25, 0.3) is 0 Å². The van der Waals surface area contributed by atoms with Crippen LogP contribution < -0.4 is 9.64 Å². The maximum absolute atomic E-state index is 5.73. The van der Waals surface area contributed by atoms with E-state index in [9.17, 15) is 0 Å². The van der Waals surface area contributed by atoms with E-state index in [1.54, 1.807) is 7.11 Å². The molecule has 1 unspecified atom stereocenters. The van der Waals surface area contributed by atoms with E-state index in [0.29, 0.717) is 37.0 Å². The molecule has 1 aromatic carbocycles. The number of hydrogen-bond donors (Lipinski definition) is 0. The molecule has 1 atom stereocenters. The highest BCUT2D eigenvalue weighted by Crippen LogP contribution is 2.35. The second kappa shape index (κ2) is 9.85. The highest BCUT2D eigenvalue weighted by atomic mass is 16.5. The molecular formula is C28H38N6O3. The number of aromatic nitrogens is 4. The van der Waals surface area contributed by atoms with Crippen LogP contribution in [0.2, 0.25) is 0 Å². The van der Waals surface area contributed by atoms with Gasteiger partial charge in [0, 0.05) is 30.6 Å². The van der Waals surface area contributed by atoms with Crippen molar-refractivity contribution in [3.8, 4) is 11.8 Å². The summed E-state index contributed by atoms with van der Waals surface area (Å²) in [6.45, 7) is 12.7. The van der Waals surface area contributed by atoms with Crippen molar-refractivity contribution >= 4 is 16.7 Å². The second-order valence-electron chi connectivity index (χ2n) is 11.2. The number of nitrogens with zero attached hydrogens (tertiary/aromatic N) is 6. The van der Waals surface area contributed by atoms with Crippen LogP contribution in [0.15, 0.2) is 24.4 Å². The lowest BCUT2D eigenvalue weighted by Crippen LogP contribution is -2.53. The Morgan fingerprint density at radius 1 is 0.973 bits per heavy atom. The molecule has 3 aromatic rings. The van der Waals surface area contributed by atoms with Crippen molar-refractivity contribution in [3.63, 3.8) is 0 Å². The molecule has 3 aliphatic rings. The third kappa shape index (κ3) is 4.69. The van der Waals surface area contributed by atoms with Crippen LogP contribution in [-0.2, 0) is 9.47 Å². The average Bonchev–Trinajstić information content (AvgIpc) is 3.58. The standard InChI is InChI=1S/C28H38N6O3/c1-19-13-21-16-29-34(24(21)14-23(19)20-5-8-32(9-6-20)22-7-11-36-17-22)26-15-25(30-27(31-26)35-4)33-10-12-37-18-28(33,2)3/h13-16,20,22H,5-12,17-18H2,1-4H3. The van der Waals surface area contributed by atoms with E-state index in [0.717, 1.165) is 49.6 Å². The van der Waals surface area contributed by atoms with Crippen LogP contribution in [0.5, 0.6) is 6.01 Å². The summed E-state index contributed by atoms with van der Waals surface area (Å²) < 4.78 is 18.8. The Balaban J connectivity index is 1.33. The number of methoxy groups -OCH3 is 1. The Bertz CT molecular complexity index is 1260. The van der Waals surface area contributed by atoms with Crippen LogP contribution in [-0.4, -0.2) is 89.4 Å². The lowest BCUT2D eigenvalue weighted by molar-refractivity contribution is 0.0638. The van der Waals surface area contributed by atoms with Crippen LogP contribution in [0.25, 0.3) is 16.7 Å². The maximum Gasteiger partial charge on any atom is 0.320 e. The van der Waals surface area contributed by atoms with Gasteiger partial charge in [0.05, 0.1) is 44.2 Å². The number of piperidine rings is 1. The number of fused-ring (bicyclic) bond motifs is 1. The molecular weight excluding hydrogens is 468 g/mol. The summed E-state index contributed by atoms with van der Waals surface area (Å²) in [5.74, 6) is 2.09. The molecule has 3 aliphatic heterocycles. The van der Waals surface area contributed by atoms with E-state index >= 15 is 0 Å². The Hall–Kier alpha value is -2.75. The number of morpholine rings is 1. The average molecular weight is 507 g/mol. The van der Waals surface area contributed by atoms with Crippen LogP contribution in [0.4, 0.5) is 5.82 Å². The molecule has 3 fully saturated rings. The Labute approximate surface area is 218 Å². The number of anilines is 1. The first kappa shape index (κ1) is 24.6. The summed E-state index contributed by atoms with van der Waals surface area (Å²) in [6, 6.07) is 7.57. The lowest BCUT2D eigenvalue weighted by atomic mass is 9.86. The predicted molar refractivity (Wildman–Crippen MR) is 143 cm³/mol. The Morgan fingerprint density at radius 2 is 1.78 bits per heavy atom. The lowest BCUT2D eigenvalue weighted by Gasteiger charge is -2.42. The molecule has 37 heavy (non-hydrogen) atoms. The Morgan fingerprint density at radius 3 is 2.51 bits per heavy atom. The summed E-state index contributed by atoms with van der Waals surface area (Å²) >= 11 is 0.